The molecule has 0 spiro atoms. The molecule has 0 fully saturated rings. The number of benzene rings is 2. The van der Waals surface area contributed by atoms with E-state index < -0.39 is 0 Å². The van der Waals surface area contributed by atoms with Crippen LogP contribution >= 0.6 is 0 Å². The summed E-state index contributed by atoms with van der Waals surface area (Å²) in [6.07, 6.45) is 0. The van der Waals surface area contributed by atoms with Crippen molar-refractivity contribution in [1.82, 2.24) is 9.55 Å². The summed E-state index contributed by atoms with van der Waals surface area (Å²) >= 11 is 0. The van der Waals surface area contributed by atoms with Gasteiger partial charge in [-0.15, -0.1) is 0 Å². The van der Waals surface area contributed by atoms with Crippen molar-refractivity contribution in [3.05, 3.63) is 69.8 Å². The first kappa shape index (κ1) is 18.3. The monoisotopic (exact) mass is 352 g/mol. The third-order valence-electron chi connectivity index (χ3n) is 4.66. The summed E-state index contributed by atoms with van der Waals surface area (Å²) in [5.41, 5.74) is 3.79. The smallest absolute Gasteiger partial charge is 0.266 e. The van der Waals surface area contributed by atoms with Crippen LogP contribution in [-0.2, 0) is 4.74 Å². The van der Waals surface area contributed by atoms with Crippen molar-refractivity contribution in [3.8, 4) is 5.69 Å². The molecule has 5 heteroatoms. The number of hydrogen-bond donors (Lipinski definition) is 1. The maximum atomic E-state index is 13.3. The van der Waals surface area contributed by atoms with Crippen molar-refractivity contribution in [2.24, 2.45) is 0 Å². The standard InChI is InChI=1S/C21H25N3O2/c1-14-9-10-15(2)19(13-14)24-20(16(3)22-11-12-26-4)23-18-8-6-5-7-17(18)21(24)25/h5-10,13,16,22H,11-12H2,1-4H3/p+1/t16-/m1/s1. The van der Waals surface area contributed by atoms with Crippen LogP contribution < -0.4 is 10.9 Å². The minimum Gasteiger partial charge on any atom is -0.379 e. The van der Waals surface area contributed by atoms with Crippen LogP contribution in [0.2, 0.25) is 0 Å². The van der Waals surface area contributed by atoms with Gasteiger partial charge in [-0.2, -0.15) is 0 Å². The molecular formula is C21H26N3O2+. The van der Waals surface area contributed by atoms with Gasteiger partial charge in [-0.05, 0) is 50.1 Å². The molecule has 3 aromatic rings. The van der Waals surface area contributed by atoms with E-state index in [1.807, 2.05) is 38.1 Å². The van der Waals surface area contributed by atoms with Crippen molar-refractivity contribution in [3.63, 3.8) is 0 Å². The topological polar surface area (TPSA) is 60.7 Å². The van der Waals surface area contributed by atoms with Gasteiger partial charge in [-0.1, -0.05) is 24.3 Å². The van der Waals surface area contributed by atoms with Crippen LogP contribution in [0.3, 0.4) is 0 Å². The quantitative estimate of drug-likeness (QED) is 0.693. The molecule has 0 aliphatic carbocycles. The molecule has 3 rings (SSSR count). The minimum absolute atomic E-state index is 0.0220. The van der Waals surface area contributed by atoms with Crippen LogP contribution in [0.4, 0.5) is 0 Å². The number of nitrogens with two attached hydrogens (primary N) is 1. The molecule has 0 unspecified atom stereocenters. The van der Waals surface area contributed by atoms with Crippen molar-refractivity contribution >= 4 is 10.9 Å². The van der Waals surface area contributed by atoms with E-state index in [9.17, 15) is 4.79 Å². The summed E-state index contributed by atoms with van der Waals surface area (Å²) in [7, 11) is 1.69. The van der Waals surface area contributed by atoms with Gasteiger partial charge < -0.3 is 10.1 Å². The molecule has 0 aliphatic rings. The molecule has 1 aromatic heterocycles. The fourth-order valence-corrected chi connectivity index (χ4v) is 3.19. The number of nitrogens with zero attached hydrogens (tertiary/aromatic N) is 2. The van der Waals surface area contributed by atoms with Crippen molar-refractivity contribution in [2.45, 2.75) is 26.8 Å². The normalized spacial score (nSPS) is 12.5. The van der Waals surface area contributed by atoms with Crippen LogP contribution in [0.25, 0.3) is 16.6 Å². The van der Waals surface area contributed by atoms with E-state index in [2.05, 4.69) is 30.4 Å². The lowest BCUT2D eigenvalue weighted by Crippen LogP contribution is -2.86. The number of aromatic nitrogens is 2. The Morgan fingerprint density at radius 1 is 1.19 bits per heavy atom. The number of rotatable bonds is 6. The van der Waals surface area contributed by atoms with Crippen LogP contribution in [-0.4, -0.2) is 29.8 Å². The van der Waals surface area contributed by atoms with Crippen LogP contribution in [0.15, 0.2) is 47.3 Å². The van der Waals surface area contributed by atoms with Crippen molar-refractivity contribution in [2.75, 3.05) is 20.3 Å². The number of para-hydroxylation sites is 1. The second-order valence-electron chi connectivity index (χ2n) is 6.72. The molecule has 0 radical (unpaired) electrons. The Balaban J connectivity index is 2.24. The lowest BCUT2D eigenvalue weighted by Gasteiger charge is -2.19. The molecule has 0 bridgehead atoms. The largest absolute Gasteiger partial charge is 0.379 e. The summed E-state index contributed by atoms with van der Waals surface area (Å²) in [5.74, 6) is 0.763. The first-order chi connectivity index (χ1) is 12.5. The molecule has 0 saturated carbocycles. The maximum Gasteiger partial charge on any atom is 0.266 e. The van der Waals surface area contributed by atoms with Crippen molar-refractivity contribution in [1.29, 1.82) is 0 Å². The van der Waals surface area contributed by atoms with Gasteiger partial charge in [0.2, 0.25) is 0 Å². The SMILES string of the molecule is COCC[NH2+][C@H](C)c1nc2ccccc2c(=O)n1-c1cc(C)ccc1C. The molecule has 0 aliphatic heterocycles. The number of quaternary nitrogens is 1. The second kappa shape index (κ2) is 7.81. The molecule has 2 aromatic carbocycles. The molecule has 1 heterocycles. The second-order valence-corrected chi connectivity index (χ2v) is 6.72. The highest BCUT2D eigenvalue weighted by atomic mass is 16.5. The van der Waals surface area contributed by atoms with E-state index in [4.69, 9.17) is 9.72 Å². The van der Waals surface area contributed by atoms with Crippen LogP contribution in [0.5, 0.6) is 0 Å². The van der Waals surface area contributed by atoms with Gasteiger partial charge in [0.25, 0.3) is 5.56 Å². The fourth-order valence-electron chi connectivity index (χ4n) is 3.19. The highest BCUT2D eigenvalue weighted by molar-refractivity contribution is 5.78. The molecular weight excluding hydrogens is 326 g/mol. The lowest BCUT2D eigenvalue weighted by atomic mass is 10.1. The minimum atomic E-state index is -0.0220. The van der Waals surface area contributed by atoms with Gasteiger partial charge in [0.15, 0.2) is 5.82 Å². The lowest BCUT2D eigenvalue weighted by molar-refractivity contribution is -0.695. The van der Waals surface area contributed by atoms with E-state index in [0.29, 0.717) is 12.0 Å². The molecule has 2 N–H and O–H groups in total. The highest BCUT2D eigenvalue weighted by Gasteiger charge is 2.20. The highest BCUT2D eigenvalue weighted by Crippen LogP contribution is 2.20. The summed E-state index contributed by atoms with van der Waals surface area (Å²) in [4.78, 5) is 18.2. The van der Waals surface area contributed by atoms with Crippen molar-refractivity contribution < 1.29 is 10.1 Å². The Morgan fingerprint density at radius 2 is 1.96 bits per heavy atom. The Kier molecular flexibility index (Phi) is 5.49. The van der Waals surface area contributed by atoms with Crippen LogP contribution in [0.1, 0.15) is 29.9 Å². The summed E-state index contributed by atoms with van der Waals surface area (Å²) in [6, 6.07) is 13.7. The zero-order valence-electron chi connectivity index (χ0n) is 15.8. The summed E-state index contributed by atoms with van der Waals surface area (Å²) < 4.78 is 6.93. The number of hydrogen-bond acceptors (Lipinski definition) is 3. The zero-order valence-corrected chi connectivity index (χ0v) is 15.8. The number of fused-ring (bicyclic) bond motifs is 1. The van der Waals surface area contributed by atoms with Gasteiger partial charge in [-0.25, -0.2) is 4.98 Å². The fraction of sp³-hybridized carbons (Fsp3) is 0.333. The molecule has 1 atom stereocenters. The Morgan fingerprint density at radius 3 is 2.73 bits per heavy atom. The van der Waals surface area contributed by atoms with Gasteiger partial charge in [0.1, 0.15) is 6.04 Å². The summed E-state index contributed by atoms with van der Waals surface area (Å²) in [5, 5.41) is 2.79. The maximum absolute atomic E-state index is 13.3. The Labute approximate surface area is 153 Å². The summed E-state index contributed by atoms with van der Waals surface area (Å²) in [6.45, 7) is 7.61. The van der Waals surface area contributed by atoms with Gasteiger partial charge in [-0.3, -0.25) is 9.36 Å². The third kappa shape index (κ3) is 3.54. The molecule has 26 heavy (non-hydrogen) atoms. The first-order valence-electron chi connectivity index (χ1n) is 8.94. The van der Waals surface area contributed by atoms with Gasteiger partial charge in [0.05, 0.1) is 29.7 Å². The first-order valence-corrected chi connectivity index (χ1v) is 8.94. The zero-order chi connectivity index (χ0) is 18.7. The predicted octanol–water partition coefficient (Wildman–Crippen LogP) is 2.27. The van der Waals surface area contributed by atoms with E-state index in [1.165, 1.54) is 0 Å². The Bertz CT molecular complexity index is 979. The number of methoxy groups -OCH3 is 1. The third-order valence-corrected chi connectivity index (χ3v) is 4.66. The van der Waals surface area contributed by atoms with Gasteiger partial charge in [0, 0.05) is 7.11 Å². The molecule has 5 nitrogen and oxygen atoms in total. The van der Waals surface area contributed by atoms with Crippen LogP contribution in [0, 0.1) is 13.8 Å². The molecule has 0 amide bonds. The van der Waals surface area contributed by atoms with E-state index in [0.717, 1.165) is 34.7 Å². The number of aryl methyl sites for hydroxylation is 2. The van der Waals surface area contributed by atoms with E-state index in [-0.39, 0.29) is 11.6 Å². The Hall–Kier alpha value is -2.50. The average Bonchev–Trinajstić information content (AvgIpc) is 2.64. The van der Waals surface area contributed by atoms with E-state index in [1.54, 1.807) is 11.7 Å². The molecule has 136 valence electrons. The van der Waals surface area contributed by atoms with E-state index >= 15 is 0 Å². The predicted molar refractivity (Wildman–Crippen MR) is 104 cm³/mol. The van der Waals surface area contributed by atoms with Gasteiger partial charge >= 0.3 is 0 Å². The molecule has 0 saturated heterocycles. The number of ether oxygens (including phenoxy) is 1. The average molecular weight is 352 g/mol.